The number of ether oxygens (including phenoxy) is 1. The van der Waals surface area contributed by atoms with E-state index in [1.807, 2.05) is 31.3 Å². The molecule has 0 spiro atoms. The van der Waals surface area contributed by atoms with Crippen molar-refractivity contribution in [1.82, 2.24) is 14.7 Å². The first kappa shape index (κ1) is 21.9. The van der Waals surface area contributed by atoms with Crippen LogP contribution in [0.4, 0.5) is 0 Å². The van der Waals surface area contributed by atoms with Gasteiger partial charge in [-0.3, -0.25) is 14.5 Å². The van der Waals surface area contributed by atoms with E-state index in [4.69, 9.17) is 4.74 Å². The van der Waals surface area contributed by atoms with Crippen molar-refractivity contribution >= 4 is 17.4 Å². The molecule has 1 aromatic rings. The Morgan fingerprint density at radius 3 is 2.23 bits per heavy atom. The van der Waals surface area contributed by atoms with Crippen LogP contribution in [0.15, 0.2) is 30.0 Å². The molecule has 2 heterocycles. The van der Waals surface area contributed by atoms with E-state index in [0.29, 0.717) is 22.6 Å². The van der Waals surface area contributed by atoms with E-state index in [2.05, 4.69) is 16.8 Å². The highest BCUT2D eigenvalue weighted by Crippen LogP contribution is 2.39. The molecule has 2 amide bonds. The normalized spacial score (nSPS) is 22.2. The van der Waals surface area contributed by atoms with E-state index in [0.717, 1.165) is 51.6 Å². The van der Waals surface area contributed by atoms with Crippen molar-refractivity contribution in [2.75, 3.05) is 34.3 Å². The molecule has 0 atom stereocenters. The zero-order valence-corrected chi connectivity index (χ0v) is 19.1. The minimum absolute atomic E-state index is 0.00408. The molecule has 1 aliphatic carbocycles. The van der Waals surface area contributed by atoms with Crippen LogP contribution < -0.4 is 4.74 Å². The lowest BCUT2D eigenvalue weighted by atomic mass is 9.99. The van der Waals surface area contributed by atoms with Crippen LogP contribution in [-0.4, -0.2) is 72.9 Å². The number of carbonyl (C=O) groups excluding carboxylic acids is 2. The number of piperidine rings is 1. The molecule has 168 valence electrons. The average Bonchev–Trinajstić information content (AvgIpc) is 2.94. The molecule has 3 aliphatic rings. The number of amides is 2. The lowest BCUT2D eigenvalue weighted by molar-refractivity contribution is -0.140. The van der Waals surface area contributed by atoms with Crippen LogP contribution in [-0.2, 0) is 9.59 Å². The fourth-order valence-corrected chi connectivity index (χ4v) is 5.37. The molecule has 0 radical (unpaired) electrons. The van der Waals surface area contributed by atoms with Crippen molar-refractivity contribution in [1.29, 1.82) is 0 Å². The number of benzene rings is 1. The summed E-state index contributed by atoms with van der Waals surface area (Å²) in [5.74, 6) is 0.353. The first-order chi connectivity index (χ1) is 15.0. The zero-order chi connectivity index (χ0) is 22.0. The number of likely N-dealkylation sites (tertiary alicyclic amines) is 1. The number of hydrogen-bond donors (Lipinski definition) is 0. The van der Waals surface area contributed by atoms with Crippen LogP contribution in [0.25, 0.3) is 5.57 Å². The summed E-state index contributed by atoms with van der Waals surface area (Å²) >= 11 is 0. The number of nitrogens with zero attached hydrogens (tertiary/aromatic N) is 3. The van der Waals surface area contributed by atoms with E-state index in [1.165, 1.54) is 12.8 Å². The third kappa shape index (κ3) is 4.22. The molecule has 2 aliphatic heterocycles. The Morgan fingerprint density at radius 2 is 1.58 bits per heavy atom. The van der Waals surface area contributed by atoms with Crippen molar-refractivity contribution in [2.24, 2.45) is 0 Å². The number of methoxy groups -OCH3 is 1. The molecular formula is C25H35N3O3. The molecule has 0 bridgehead atoms. The van der Waals surface area contributed by atoms with Crippen molar-refractivity contribution in [3.63, 3.8) is 0 Å². The lowest BCUT2D eigenvalue weighted by Crippen LogP contribution is -2.45. The number of carbonyl (C=O) groups is 2. The first-order valence-corrected chi connectivity index (χ1v) is 11.7. The van der Waals surface area contributed by atoms with Gasteiger partial charge in [-0.05, 0) is 51.9 Å². The van der Waals surface area contributed by atoms with Crippen LogP contribution in [0.1, 0.15) is 56.9 Å². The van der Waals surface area contributed by atoms with Crippen LogP contribution in [0.5, 0.6) is 5.75 Å². The van der Waals surface area contributed by atoms with E-state index >= 15 is 0 Å². The van der Waals surface area contributed by atoms with E-state index < -0.39 is 0 Å². The summed E-state index contributed by atoms with van der Waals surface area (Å²) in [6.07, 6.45) is 8.30. The number of para-hydroxylation sites is 1. The van der Waals surface area contributed by atoms with Gasteiger partial charge in [-0.2, -0.15) is 0 Å². The van der Waals surface area contributed by atoms with Gasteiger partial charge in [0.15, 0.2) is 0 Å². The summed E-state index contributed by atoms with van der Waals surface area (Å²) in [6, 6.07) is 7.81. The number of hydrogen-bond acceptors (Lipinski definition) is 5. The second kappa shape index (κ2) is 9.43. The number of imide groups is 1. The van der Waals surface area contributed by atoms with Gasteiger partial charge in [0.2, 0.25) is 0 Å². The van der Waals surface area contributed by atoms with Crippen molar-refractivity contribution < 1.29 is 14.3 Å². The first-order valence-electron chi connectivity index (χ1n) is 11.7. The average molecular weight is 426 g/mol. The molecule has 6 nitrogen and oxygen atoms in total. The Bertz CT molecular complexity index is 849. The highest BCUT2D eigenvalue weighted by molar-refractivity contribution is 6.36. The molecule has 1 saturated heterocycles. The SMILES string of the molecule is COc1ccccc1C1=C(N(C)C2CCN(C)CC2)C(=O)N(C2CCCCCC2)C1=O. The Labute approximate surface area is 185 Å². The molecule has 2 fully saturated rings. The molecular weight excluding hydrogens is 390 g/mol. The third-order valence-corrected chi connectivity index (χ3v) is 7.25. The predicted octanol–water partition coefficient (Wildman–Crippen LogP) is 3.52. The quantitative estimate of drug-likeness (QED) is 0.534. The van der Waals surface area contributed by atoms with E-state index in [9.17, 15) is 9.59 Å². The Morgan fingerprint density at radius 1 is 0.935 bits per heavy atom. The Hall–Kier alpha value is -2.34. The van der Waals surface area contributed by atoms with Gasteiger partial charge in [0, 0.05) is 24.7 Å². The molecule has 0 N–H and O–H groups in total. The zero-order valence-electron chi connectivity index (χ0n) is 19.1. The van der Waals surface area contributed by atoms with Gasteiger partial charge in [-0.25, -0.2) is 0 Å². The molecule has 6 heteroatoms. The Balaban J connectivity index is 1.75. The van der Waals surface area contributed by atoms with Gasteiger partial charge in [-0.15, -0.1) is 0 Å². The maximum Gasteiger partial charge on any atom is 0.278 e. The van der Waals surface area contributed by atoms with Gasteiger partial charge in [-0.1, -0.05) is 43.9 Å². The van der Waals surface area contributed by atoms with Crippen molar-refractivity contribution in [2.45, 2.75) is 63.5 Å². The standard InChI is InChI=1S/C25H35N3O3/c1-26-16-14-18(15-17-26)27(2)23-22(20-12-8-9-13-21(20)31-3)24(29)28(25(23)30)19-10-6-4-5-7-11-19/h8-9,12-13,18-19H,4-7,10-11,14-17H2,1-3H3. The van der Waals surface area contributed by atoms with Crippen molar-refractivity contribution in [3.8, 4) is 5.75 Å². The summed E-state index contributed by atoms with van der Waals surface area (Å²) in [4.78, 5) is 33.6. The summed E-state index contributed by atoms with van der Waals surface area (Å²) < 4.78 is 5.59. The number of likely N-dealkylation sites (N-methyl/N-ethyl adjacent to an activating group) is 1. The third-order valence-electron chi connectivity index (χ3n) is 7.25. The van der Waals surface area contributed by atoms with E-state index in [1.54, 1.807) is 12.0 Å². The Kier molecular flexibility index (Phi) is 6.65. The van der Waals surface area contributed by atoms with Gasteiger partial charge < -0.3 is 14.5 Å². The van der Waals surface area contributed by atoms with E-state index in [-0.39, 0.29) is 23.9 Å². The van der Waals surface area contributed by atoms with Gasteiger partial charge >= 0.3 is 0 Å². The summed E-state index contributed by atoms with van der Waals surface area (Å²) in [6.45, 7) is 2.00. The van der Waals surface area contributed by atoms with Gasteiger partial charge in [0.05, 0.1) is 12.7 Å². The summed E-state index contributed by atoms with van der Waals surface area (Å²) in [7, 11) is 5.74. The van der Waals surface area contributed by atoms with Crippen LogP contribution >= 0.6 is 0 Å². The lowest BCUT2D eigenvalue weighted by Gasteiger charge is -2.37. The topological polar surface area (TPSA) is 53.1 Å². The maximum atomic E-state index is 13.8. The second-order valence-electron chi connectivity index (χ2n) is 9.19. The molecule has 1 saturated carbocycles. The monoisotopic (exact) mass is 425 g/mol. The summed E-state index contributed by atoms with van der Waals surface area (Å²) in [5, 5.41) is 0. The predicted molar refractivity (Wildman–Crippen MR) is 122 cm³/mol. The maximum absolute atomic E-state index is 13.8. The van der Waals surface area contributed by atoms with Gasteiger partial charge in [0.25, 0.3) is 11.8 Å². The second-order valence-corrected chi connectivity index (χ2v) is 9.19. The molecule has 4 rings (SSSR count). The summed E-state index contributed by atoms with van der Waals surface area (Å²) in [5.41, 5.74) is 1.77. The molecule has 0 unspecified atom stereocenters. The number of rotatable bonds is 5. The molecule has 0 aromatic heterocycles. The van der Waals surface area contributed by atoms with Crippen LogP contribution in [0.2, 0.25) is 0 Å². The fraction of sp³-hybridized carbons (Fsp3) is 0.600. The molecule has 1 aromatic carbocycles. The van der Waals surface area contributed by atoms with Crippen LogP contribution in [0.3, 0.4) is 0 Å². The largest absolute Gasteiger partial charge is 0.496 e. The highest BCUT2D eigenvalue weighted by atomic mass is 16.5. The highest BCUT2D eigenvalue weighted by Gasteiger charge is 2.45. The minimum atomic E-state index is -0.156. The smallest absolute Gasteiger partial charge is 0.278 e. The molecule has 31 heavy (non-hydrogen) atoms. The van der Waals surface area contributed by atoms with Crippen LogP contribution in [0, 0.1) is 0 Å². The minimum Gasteiger partial charge on any atom is -0.496 e. The van der Waals surface area contributed by atoms with Crippen molar-refractivity contribution in [3.05, 3.63) is 35.5 Å². The van der Waals surface area contributed by atoms with Gasteiger partial charge in [0.1, 0.15) is 11.4 Å². The fourth-order valence-electron chi connectivity index (χ4n) is 5.37.